The first-order chi connectivity index (χ1) is 6.72. The van der Waals surface area contributed by atoms with Gasteiger partial charge >= 0.3 is 0 Å². The molecule has 4 heteroatoms. The highest BCUT2D eigenvalue weighted by Gasteiger charge is 2.05. The minimum Gasteiger partial charge on any atom is -0.330 e. The minimum absolute atomic E-state index is 0.634. The molecule has 0 radical (unpaired) electrons. The molecule has 0 bridgehead atoms. The summed E-state index contributed by atoms with van der Waals surface area (Å²) in [6, 6.07) is 0. The van der Waals surface area contributed by atoms with Crippen molar-refractivity contribution < 1.29 is 0 Å². The van der Waals surface area contributed by atoms with E-state index < -0.39 is 0 Å². The van der Waals surface area contributed by atoms with Crippen molar-refractivity contribution in [1.82, 2.24) is 14.4 Å². The van der Waals surface area contributed by atoms with E-state index in [-0.39, 0.29) is 0 Å². The van der Waals surface area contributed by atoms with Gasteiger partial charge in [-0.2, -0.15) is 0 Å². The highest BCUT2D eigenvalue weighted by molar-refractivity contribution is 5.47. The molecule has 2 N–H and O–H groups in total. The summed E-state index contributed by atoms with van der Waals surface area (Å²) in [7, 11) is 0. The molecule has 0 aliphatic heterocycles. The van der Waals surface area contributed by atoms with Gasteiger partial charge in [-0.3, -0.25) is 4.40 Å². The molecular formula is C10H14N4. The van der Waals surface area contributed by atoms with Crippen molar-refractivity contribution in [3.05, 3.63) is 29.5 Å². The molecule has 0 saturated carbocycles. The molecule has 2 heterocycles. The van der Waals surface area contributed by atoms with Crippen molar-refractivity contribution in [2.24, 2.45) is 5.73 Å². The predicted octanol–water partition coefficient (Wildman–Crippen LogP) is 0.847. The van der Waals surface area contributed by atoms with Gasteiger partial charge in [-0.1, -0.05) is 0 Å². The molecule has 14 heavy (non-hydrogen) atoms. The largest absolute Gasteiger partial charge is 0.330 e. The molecule has 4 nitrogen and oxygen atoms in total. The minimum atomic E-state index is 0.634. The molecule has 0 aromatic carbocycles. The van der Waals surface area contributed by atoms with Crippen LogP contribution in [-0.2, 0) is 6.42 Å². The monoisotopic (exact) mass is 190 g/mol. The van der Waals surface area contributed by atoms with Gasteiger partial charge in [0.2, 0.25) is 0 Å². The van der Waals surface area contributed by atoms with Crippen LogP contribution in [0.4, 0.5) is 0 Å². The van der Waals surface area contributed by atoms with Crippen LogP contribution in [0.5, 0.6) is 0 Å². The van der Waals surface area contributed by atoms with Crippen LogP contribution >= 0.6 is 0 Å². The summed E-state index contributed by atoms with van der Waals surface area (Å²) >= 11 is 0. The lowest BCUT2D eigenvalue weighted by atomic mass is 10.3. The molecule has 2 aromatic rings. The third-order valence-corrected chi connectivity index (χ3v) is 2.30. The third kappa shape index (κ3) is 1.37. The highest BCUT2D eigenvalue weighted by Crippen LogP contribution is 2.11. The Bertz CT molecular complexity index is 419. The second kappa shape index (κ2) is 3.38. The van der Waals surface area contributed by atoms with E-state index in [0.717, 1.165) is 29.1 Å². The van der Waals surface area contributed by atoms with Crippen molar-refractivity contribution >= 4 is 5.65 Å². The number of hydrogen-bond donors (Lipinski definition) is 1. The lowest BCUT2D eigenvalue weighted by Gasteiger charge is -1.99. The van der Waals surface area contributed by atoms with Gasteiger partial charge in [0.25, 0.3) is 0 Å². The Hall–Kier alpha value is -1.42. The Morgan fingerprint density at radius 1 is 1.43 bits per heavy atom. The number of aromatic nitrogens is 3. The summed E-state index contributed by atoms with van der Waals surface area (Å²) in [4.78, 5) is 8.78. The quantitative estimate of drug-likeness (QED) is 0.763. The molecule has 0 atom stereocenters. The SMILES string of the molecule is Cc1cnc(C)n2cc(CCN)nc12. The lowest BCUT2D eigenvalue weighted by molar-refractivity contribution is 0.932. The maximum atomic E-state index is 5.49. The molecular weight excluding hydrogens is 176 g/mol. The Balaban J connectivity index is 2.63. The van der Waals surface area contributed by atoms with Gasteiger partial charge in [0.05, 0.1) is 5.69 Å². The van der Waals surface area contributed by atoms with E-state index in [1.165, 1.54) is 0 Å². The van der Waals surface area contributed by atoms with E-state index in [4.69, 9.17) is 5.73 Å². The average Bonchev–Trinajstić information content (AvgIpc) is 2.57. The Morgan fingerprint density at radius 3 is 2.86 bits per heavy atom. The fourth-order valence-corrected chi connectivity index (χ4v) is 1.53. The second-order valence-electron chi connectivity index (χ2n) is 3.45. The molecule has 2 rings (SSSR count). The molecule has 2 aromatic heterocycles. The topological polar surface area (TPSA) is 56.2 Å². The zero-order chi connectivity index (χ0) is 10.1. The van der Waals surface area contributed by atoms with Crippen LogP contribution in [0.2, 0.25) is 0 Å². The number of imidazole rings is 1. The standard InChI is InChI=1S/C10H14N4/c1-7-5-12-8(2)14-6-9(3-4-11)13-10(7)14/h5-6H,3-4,11H2,1-2H3. The van der Waals surface area contributed by atoms with Crippen LogP contribution in [-0.4, -0.2) is 20.9 Å². The van der Waals surface area contributed by atoms with Crippen molar-refractivity contribution in [2.45, 2.75) is 20.3 Å². The summed E-state index contributed by atoms with van der Waals surface area (Å²) in [6.07, 6.45) is 4.68. The fraction of sp³-hybridized carbons (Fsp3) is 0.400. The van der Waals surface area contributed by atoms with Crippen LogP contribution in [0.3, 0.4) is 0 Å². The van der Waals surface area contributed by atoms with Crippen molar-refractivity contribution in [3.8, 4) is 0 Å². The highest BCUT2D eigenvalue weighted by atomic mass is 15.1. The molecule has 0 amide bonds. The first-order valence-corrected chi connectivity index (χ1v) is 4.72. The summed E-state index contributed by atoms with van der Waals surface area (Å²) in [5, 5.41) is 0. The number of hydrogen-bond acceptors (Lipinski definition) is 3. The van der Waals surface area contributed by atoms with Crippen LogP contribution < -0.4 is 5.73 Å². The molecule has 0 aliphatic rings. The zero-order valence-electron chi connectivity index (χ0n) is 8.49. The van der Waals surface area contributed by atoms with Gasteiger partial charge in [0, 0.05) is 24.4 Å². The number of rotatable bonds is 2. The van der Waals surface area contributed by atoms with Gasteiger partial charge < -0.3 is 5.73 Å². The van der Waals surface area contributed by atoms with E-state index >= 15 is 0 Å². The first kappa shape index (κ1) is 9.15. The van der Waals surface area contributed by atoms with Gasteiger partial charge in [0.15, 0.2) is 0 Å². The maximum absolute atomic E-state index is 5.49. The maximum Gasteiger partial charge on any atom is 0.142 e. The van der Waals surface area contributed by atoms with E-state index in [1.54, 1.807) is 0 Å². The van der Waals surface area contributed by atoms with E-state index in [1.807, 2.05) is 30.6 Å². The summed E-state index contributed by atoms with van der Waals surface area (Å²) in [5.74, 6) is 0.960. The number of nitrogens with zero attached hydrogens (tertiary/aromatic N) is 3. The van der Waals surface area contributed by atoms with E-state index in [0.29, 0.717) is 6.54 Å². The van der Waals surface area contributed by atoms with Gasteiger partial charge in [-0.05, 0) is 20.4 Å². The predicted molar refractivity (Wildman–Crippen MR) is 55.2 cm³/mol. The van der Waals surface area contributed by atoms with Gasteiger partial charge in [-0.15, -0.1) is 0 Å². The lowest BCUT2D eigenvalue weighted by Crippen LogP contribution is -2.02. The molecule has 0 saturated heterocycles. The number of fused-ring (bicyclic) bond motifs is 1. The van der Waals surface area contributed by atoms with Crippen molar-refractivity contribution in [1.29, 1.82) is 0 Å². The summed E-state index contributed by atoms with van der Waals surface area (Å²) in [6.45, 7) is 4.62. The molecule has 0 spiro atoms. The molecule has 74 valence electrons. The van der Waals surface area contributed by atoms with Crippen LogP contribution in [0.25, 0.3) is 5.65 Å². The third-order valence-electron chi connectivity index (χ3n) is 2.30. The van der Waals surface area contributed by atoms with Crippen molar-refractivity contribution in [3.63, 3.8) is 0 Å². The molecule has 0 aliphatic carbocycles. The van der Waals surface area contributed by atoms with Crippen LogP contribution in [0, 0.1) is 13.8 Å². The van der Waals surface area contributed by atoms with E-state index in [9.17, 15) is 0 Å². The summed E-state index contributed by atoms with van der Waals surface area (Å²) in [5.41, 5.74) is 8.61. The fourth-order valence-electron chi connectivity index (χ4n) is 1.53. The smallest absolute Gasteiger partial charge is 0.142 e. The zero-order valence-corrected chi connectivity index (χ0v) is 8.49. The van der Waals surface area contributed by atoms with Crippen molar-refractivity contribution in [2.75, 3.05) is 6.54 Å². The first-order valence-electron chi connectivity index (χ1n) is 4.72. The molecule has 0 unspecified atom stereocenters. The van der Waals surface area contributed by atoms with Gasteiger partial charge in [0.1, 0.15) is 11.5 Å². The second-order valence-corrected chi connectivity index (χ2v) is 3.45. The molecule has 0 fully saturated rings. The average molecular weight is 190 g/mol. The number of nitrogens with two attached hydrogens (primary N) is 1. The number of aryl methyl sites for hydroxylation is 2. The van der Waals surface area contributed by atoms with E-state index in [2.05, 4.69) is 9.97 Å². The summed E-state index contributed by atoms with van der Waals surface area (Å²) < 4.78 is 2.01. The Kier molecular flexibility index (Phi) is 2.21. The Labute approximate surface area is 82.8 Å². The van der Waals surface area contributed by atoms with Crippen LogP contribution in [0.15, 0.2) is 12.4 Å². The van der Waals surface area contributed by atoms with Gasteiger partial charge in [-0.25, -0.2) is 9.97 Å². The van der Waals surface area contributed by atoms with Crippen LogP contribution in [0.1, 0.15) is 17.1 Å². The normalized spacial score (nSPS) is 11.1. The Morgan fingerprint density at radius 2 is 2.21 bits per heavy atom.